The lowest BCUT2D eigenvalue weighted by molar-refractivity contribution is 0.210. The van der Waals surface area contributed by atoms with Crippen LogP contribution >= 0.6 is 11.6 Å². The standard InChI is InChI=1S/C9H13ClN2O/c1-6-3-7(4-8(10)12-6)9(2,11)5-13/h3-4,13H,5,11H2,1-2H3. The average molecular weight is 201 g/mol. The third-order valence-corrected chi connectivity index (χ3v) is 2.10. The quantitative estimate of drug-likeness (QED) is 0.706. The highest BCUT2D eigenvalue weighted by atomic mass is 35.5. The first kappa shape index (κ1) is 10.4. The molecule has 4 heteroatoms. The summed E-state index contributed by atoms with van der Waals surface area (Å²) in [6.45, 7) is 3.47. The second-order valence-electron chi connectivity index (χ2n) is 3.40. The van der Waals surface area contributed by atoms with E-state index in [0.29, 0.717) is 5.15 Å². The molecule has 0 fully saturated rings. The van der Waals surface area contributed by atoms with E-state index in [2.05, 4.69) is 4.98 Å². The highest BCUT2D eigenvalue weighted by Crippen LogP contribution is 2.20. The molecule has 1 heterocycles. The Bertz CT molecular complexity index is 292. The number of halogens is 1. The van der Waals surface area contributed by atoms with Crippen molar-refractivity contribution in [2.75, 3.05) is 6.61 Å². The molecule has 0 amide bonds. The number of aliphatic hydroxyl groups is 1. The van der Waals surface area contributed by atoms with E-state index in [1.807, 2.05) is 13.0 Å². The Balaban J connectivity index is 3.15. The first-order chi connectivity index (χ1) is 5.95. The molecule has 3 nitrogen and oxygen atoms in total. The smallest absolute Gasteiger partial charge is 0.129 e. The van der Waals surface area contributed by atoms with Gasteiger partial charge in [0.2, 0.25) is 0 Å². The molecule has 3 N–H and O–H groups in total. The molecule has 72 valence electrons. The Labute approximate surface area is 82.5 Å². The molecule has 13 heavy (non-hydrogen) atoms. The van der Waals surface area contributed by atoms with Gasteiger partial charge in [-0.25, -0.2) is 4.98 Å². The van der Waals surface area contributed by atoms with Crippen molar-refractivity contribution in [1.82, 2.24) is 4.98 Å². The summed E-state index contributed by atoms with van der Waals surface area (Å²) in [5, 5.41) is 9.44. The monoisotopic (exact) mass is 200 g/mol. The number of nitrogens with two attached hydrogens (primary N) is 1. The van der Waals surface area contributed by atoms with Gasteiger partial charge in [-0.1, -0.05) is 11.6 Å². The minimum absolute atomic E-state index is 0.118. The van der Waals surface area contributed by atoms with Gasteiger partial charge >= 0.3 is 0 Å². The van der Waals surface area contributed by atoms with E-state index in [9.17, 15) is 0 Å². The van der Waals surface area contributed by atoms with Crippen molar-refractivity contribution in [2.24, 2.45) is 5.73 Å². The molecule has 1 rings (SSSR count). The second-order valence-corrected chi connectivity index (χ2v) is 3.78. The second kappa shape index (κ2) is 3.62. The van der Waals surface area contributed by atoms with Crippen LogP contribution in [0.1, 0.15) is 18.2 Å². The molecule has 1 aromatic heterocycles. The van der Waals surface area contributed by atoms with Crippen LogP contribution in [0.4, 0.5) is 0 Å². The normalized spacial score (nSPS) is 15.5. The molecule has 0 aliphatic rings. The highest BCUT2D eigenvalue weighted by molar-refractivity contribution is 6.29. The Morgan fingerprint density at radius 3 is 2.69 bits per heavy atom. The lowest BCUT2D eigenvalue weighted by Crippen LogP contribution is -2.37. The molecule has 0 aliphatic carbocycles. The van der Waals surface area contributed by atoms with Crippen LogP contribution in [-0.2, 0) is 5.54 Å². The summed E-state index contributed by atoms with van der Waals surface area (Å²) in [4.78, 5) is 4.01. The van der Waals surface area contributed by atoms with Crippen LogP contribution in [0.15, 0.2) is 12.1 Å². The fraction of sp³-hybridized carbons (Fsp3) is 0.444. The first-order valence-electron chi connectivity index (χ1n) is 4.00. The predicted molar refractivity (Wildman–Crippen MR) is 52.6 cm³/mol. The Kier molecular flexibility index (Phi) is 2.91. The van der Waals surface area contributed by atoms with Crippen LogP contribution in [-0.4, -0.2) is 16.7 Å². The van der Waals surface area contributed by atoms with Gasteiger partial charge in [0.1, 0.15) is 5.15 Å². The van der Waals surface area contributed by atoms with E-state index in [4.69, 9.17) is 22.4 Å². The summed E-state index contributed by atoms with van der Waals surface area (Å²) in [6, 6.07) is 3.49. The summed E-state index contributed by atoms with van der Waals surface area (Å²) in [7, 11) is 0. The molecule has 0 saturated heterocycles. The maximum atomic E-state index is 9.04. The van der Waals surface area contributed by atoms with Gasteiger partial charge in [-0.2, -0.15) is 0 Å². The van der Waals surface area contributed by atoms with Gasteiger partial charge in [0, 0.05) is 5.69 Å². The molecular weight excluding hydrogens is 188 g/mol. The SMILES string of the molecule is Cc1cc(C(C)(N)CO)cc(Cl)n1. The van der Waals surface area contributed by atoms with Crippen molar-refractivity contribution in [1.29, 1.82) is 0 Å². The molecule has 0 aliphatic heterocycles. The van der Waals surface area contributed by atoms with Crippen LogP contribution in [0, 0.1) is 6.92 Å². The third-order valence-electron chi connectivity index (χ3n) is 1.91. The van der Waals surface area contributed by atoms with Gasteiger partial charge in [0.15, 0.2) is 0 Å². The summed E-state index contributed by atoms with van der Waals surface area (Å²) in [5.74, 6) is 0. The number of hydrogen-bond acceptors (Lipinski definition) is 3. The molecule has 1 aromatic rings. The van der Waals surface area contributed by atoms with Crippen molar-refractivity contribution in [2.45, 2.75) is 19.4 Å². The molecule has 1 unspecified atom stereocenters. The van der Waals surface area contributed by atoms with Crippen LogP contribution in [0.5, 0.6) is 0 Å². The van der Waals surface area contributed by atoms with Crippen LogP contribution in [0.3, 0.4) is 0 Å². The average Bonchev–Trinajstić information content (AvgIpc) is 2.02. The van der Waals surface area contributed by atoms with E-state index in [1.165, 1.54) is 0 Å². The van der Waals surface area contributed by atoms with Gasteiger partial charge in [-0.3, -0.25) is 0 Å². The number of nitrogens with zero attached hydrogens (tertiary/aromatic N) is 1. The van der Waals surface area contributed by atoms with E-state index < -0.39 is 5.54 Å². The number of aromatic nitrogens is 1. The number of aliphatic hydroxyl groups excluding tert-OH is 1. The van der Waals surface area contributed by atoms with Crippen molar-refractivity contribution < 1.29 is 5.11 Å². The number of aryl methyl sites for hydroxylation is 1. The Morgan fingerprint density at radius 2 is 2.23 bits per heavy atom. The van der Waals surface area contributed by atoms with Gasteiger partial charge in [-0.05, 0) is 31.5 Å². The maximum Gasteiger partial charge on any atom is 0.129 e. The van der Waals surface area contributed by atoms with Crippen LogP contribution < -0.4 is 5.73 Å². The topological polar surface area (TPSA) is 59.1 Å². The van der Waals surface area contributed by atoms with Crippen molar-refractivity contribution >= 4 is 11.6 Å². The van der Waals surface area contributed by atoms with Crippen molar-refractivity contribution in [3.63, 3.8) is 0 Å². The summed E-state index contributed by atoms with van der Waals surface area (Å²) < 4.78 is 0. The minimum atomic E-state index is -0.753. The highest BCUT2D eigenvalue weighted by Gasteiger charge is 2.20. The van der Waals surface area contributed by atoms with E-state index in [-0.39, 0.29) is 6.61 Å². The number of hydrogen-bond donors (Lipinski definition) is 2. The third kappa shape index (κ3) is 2.40. The largest absolute Gasteiger partial charge is 0.394 e. The van der Waals surface area contributed by atoms with Gasteiger partial charge in [-0.15, -0.1) is 0 Å². The molecule has 0 aromatic carbocycles. The molecule has 0 saturated carbocycles. The predicted octanol–water partition coefficient (Wildman–Crippen LogP) is 1.21. The minimum Gasteiger partial charge on any atom is -0.394 e. The molecule has 1 atom stereocenters. The summed E-state index contributed by atoms with van der Waals surface area (Å²) >= 11 is 5.76. The zero-order chi connectivity index (χ0) is 10.1. The van der Waals surface area contributed by atoms with E-state index in [1.54, 1.807) is 13.0 Å². The zero-order valence-electron chi connectivity index (χ0n) is 7.71. The van der Waals surface area contributed by atoms with Crippen LogP contribution in [0.25, 0.3) is 0 Å². The van der Waals surface area contributed by atoms with E-state index in [0.717, 1.165) is 11.3 Å². The lowest BCUT2D eigenvalue weighted by Gasteiger charge is -2.22. The fourth-order valence-electron chi connectivity index (χ4n) is 1.05. The number of rotatable bonds is 2. The van der Waals surface area contributed by atoms with E-state index >= 15 is 0 Å². The lowest BCUT2D eigenvalue weighted by atomic mass is 9.95. The molecule has 0 spiro atoms. The fourth-order valence-corrected chi connectivity index (χ4v) is 1.30. The Hall–Kier alpha value is -0.640. The van der Waals surface area contributed by atoms with Gasteiger partial charge in [0.05, 0.1) is 12.1 Å². The molecule has 0 bridgehead atoms. The number of pyridine rings is 1. The van der Waals surface area contributed by atoms with Crippen molar-refractivity contribution in [3.05, 3.63) is 28.5 Å². The Morgan fingerprint density at radius 1 is 1.62 bits per heavy atom. The van der Waals surface area contributed by atoms with Crippen LogP contribution in [0.2, 0.25) is 5.15 Å². The summed E-state index contributed by atoms with van der Waals surface area (Å²) in [6.07, 6.45) is 0. The molecule has 0 radical (unpaired) electrons. The maximum absolute atomic E-state index is 9.04. The van der Waals surface area contributed by atoms with Crippen molar-refractivity contribution in [3.8, 4) is 0 Å². The first-order valence-corrected chi connectivity index (χ1v) is 4.38. The molecular formula is C9H13ClN2O. The van der Waals surface area contributed by atoms with Gasteiger partial charge in [0.25, 0.3) is 0 Å². The summed E-state index contributed by atoms with van der Waals surface area (Å²) in [5.41, 5.74) is 6.68. The zero-order valence-corrected chi connectivity index (χ0v) is 8.47. The van der Waals surface area contributed by atoms with Gasteiger partial charge < -0.3 is 10.8 Å².